The molecule has 8 heteroatoms. The number of nitrogens with zero attached hydrogens (tertiary/aromatic N) is 2. The average Bonchev–Trinajstić information content (AvgIpc) is 2.83. The summed E-state index contributed by atoms with van der Waals surface area (Å²) in [5.41, 5.74) is 1.53. The molecule has 2 aromatic carbocycles. The van der Waals surface area contributed by atoms with E-state index in [2.05, 4.69) is 16.9 Å². The minimum atomic E-state index is -3.01. The zero-order valence-corrected chi connectivity index (χ0v) is 18.6. The number of hydrogen-bond acceptors (Lipinski definition) is 4. The quantitative estimate of drug-likeness (QED) is 0.533. The van der Waals surface area contributed by atoms with Crippen LogP contribution in [0.4, 0.5) is 8.78 Å². The summed E-state index contributed by atoms with van der Waals surface area (Å²) in [5.74, 6) is -0.120. The Labute approximate surface area is 192 Å². The molecular weight excluding hydrogens is 430 g/mol. The van der Waals surface area contributed by atoms with E-state index in [-0.39, 0.29) is 23.3 Å². The Kier molecular flexibility index (Phi) is 8.80. The van der Waals surface area contributed by atoms with E-state index >= 15 is 0 Å². The van der Waals surface area contributed by atoms with Gasteiger partial charge in [-0.25, -0.2) is 0 Å². The number of carbonyl (C=O) groups excluding carboxylic acids is 2. The van der Waals surface area contributed by atoms with E-state index in [1.54, 1.807) is 21.9 Å². The molecule has 0 bridgehead atoms. The van der Waals surface area contributed by atoms with E-state index in [0.29, 0.717) is 38.2 Å². The van der Waals surface area contributed by atoms with Gasteiger partial charge in [-0.15, -0.1) is 0 Å². The van der Waals surface area contributed by atoms with Gasteiger partial charge in [0.05, 0.1) is 7.11 Å². The number of alkyl halides is 2. The number of halogens is 2. The first-order chi connectivity index (χ1) is 16.0. The molecule has 0 atom stereocenters. The zero-order valence-electron chi connectivity index (χ0n) is 18.6. The number of methoxy groups -OCH3 is 1. The van der Waals surface area contributed by atoms with Crippen LogP contribution in [0.5, 0.6) is 11.5 Å². The van der Waals surface area contributed by atoms with Crippen molar-refractivity contribution in [1.29, 1.82) is 0 Å². The molecule has 2 aromatic rings. The van der Waals surface area contributed by atoms with E-state index in [1.807, 2.05) is 18.2 Å². The van der Waals surface area contributed by atoms with Gasteiger partial charge in [0.2, 0.25) is 11.8 Å². The maximum absolute atomic E-state index is 12.8. The molecular formula is C25H28F2N2O4. The summed E-state index contributed by atoms with van der Waals surface area (Å²) < 4.78 is 35.2. The van der Waals surface area contributed by atoms with Gasteiger partial charge in [-0.1, -0.05) is 42.5 Å². The van der Waals surface area contributed by atoms with Crippen LogP contribution in [0.1, 0.15) is 24.0 Å². The lowest BCUT2D eigenvalue weighted by atomic mass is 10.1. The Morgan fingerprint density at radius 3 is 2.36 bits per heavy atom. The van der Waals surface area contributed by atoms with Gasteiger partial charge in [-0.3, -0.25) is 9.59 Å². The molecule has 33 heavy (non-hydrogen) atoms. The average molecular weight is 459 g/mol. The Morgan fingerprint density at radius 1 is 1.00 bits per heavy atom. The van der Waals surface area contributed by atoms with Gasteiger partial charge in [-0.05, 0) is 30.5 Å². The summed E-state index contributed by atoms with van der Waals surface area (Å²) in [7, 11) is 1.36. The highest BCUT2D eigenvalue weighted by atomic mass is 19.3. The molecule has 1 fully saturated rings. The van der Waals surface area contributed by atoms with Crippen molar-refractivity contribution in [2.45, 2.75) is 25.9 Å². The monoisotopic (exact) mass is 458 g/mol. The Hall–Kier alpha value is -3.42. The van der Waals surface area contributed by atoms with Gasteiger partial charge < -0.3 is 19.3 Å². The van der Waals surface area contributed by atoms with Gasteiger partial charge in [0.15, 0.2) is 11.5 Å². The summed E-state index contributed by atoms with van der Waals surface area (Å²) >= 11 is 0. The summed E-state index contributed by atoms with van der Waals surface area (Å²) in [6, 6.07) is 14.8. The number of carbonyl (C=O) groups is 2. The minimum Gasteiger partial charge on any atom is -0.493 e. The number of rotatable bonds is 9. The van der Waals surface area contributed by atoms with Crippen LogP contribution in [0, 0.1) is 0 Å². The van der Waals surface area contributed by atoms with E-state index in [0.717, 1.165) is 12.8 Å². The lowest BCUT2D eigenvalue weighted by Crippen LogP contribution is -2.50. The fraction of sp³-hybridized carbons (Fsp3) is 0.360. The predicted molar refractivity (Wildman–Crippen MR) is 121 cm³/mol. The molecule has 1 heterocycles. The van der Waals surface area contributed by atoms with Gasteiger partial charge in [0.25, 0.3) is 0 Å². The van der Waals surface area contributed by atoms with Crippen molar-refractivity contribution >= 4 is 17.9 Å². The first-order valence-electron chi connectivity index (χ1n) is 10.9. The number of piperazine rings is 1. The highest BCUT2D eigenvalue weighted by Crippen LogP contribution is 2.33. The summed E-state index contributed by atoms with van der Waals surface area (Å²) in [5, 5.41) is 0. The molecule has 1 saturated heterocycles. The molecule has 1 aliphatic heterocycles. The van der Waals surface area contributed by atoms with Crippen LogP contribution in [0.15, 0.2) is 54.6 Å². The molecule has 0 N–H and O–H groups in total. The van der Waals surface area contributed by atoms with Crippen LogP contribution in [0.3, 0.4) is 0 Å². The van der Waals surface area contributed by atoms with Crippen molar-refractivity contribution in [1.82, 2.24) is 9.80 Å². The summed E-state index contributed by atoms with van der Waals surface area (Å²) in [6.45, 7) is -1.22. The second-order valence-corrected chi connectivity index (χ2v) is 7.64. The van der Waals surface area contributed by atoms with Crippen LogP contribution in [0.2, 0.25) is 0 Å². The molecule has 1 aliphatic rings. The lowest BCUT2D eigenvalue weighted by Gasteiger charge is -2.34. The second-order valence-electron chi connectivity index (χ2n) is 7.64. The molecule has 0 unspecified atom stereocenters. The number of hydrogen-bond donors (Lipinski definition) is 0. The number of amides is 2. The van der Waals surface area contributed by atoms with E-state index < -0.39 is 6.61 Å². The Bertz CT molecular complexity index is 958. The molecule has 3 rings (SSSR count). The molecule has 0 aromatic heterocycles. The first-order valence-corrected chi connectivity index (χ1v) is 10.9. The largest absolute Gasteiger partial charge is 0.493 e. The van der Waals surface area contributed by atoms with Crippen LogP contribution < -0.4 is 9.47 Å². The van der Waals surface area contributed by atoms with Crippen molar-refractivity contribution in [2.24, 2.45) is 0 Å². The van der Waals surface area contributed by atoms with Crippen LogP contribution in [-0.4, -0.2) is 61.5 Å². The number of ether oxygens (including phenoxy) is 2. The Morgan fingerprint density at radius 2 is 1.70 bits per heavy atom. The van der Waals surface area contributed by atoms with Crippen molar-refractivity contribution in [2.75, 3.05) is 33.3 Å². The number of benzene rings is 2. The summed E-state index contributed by atoms with van der Waals surface area (Å²) in [6.07, 6.45) is 4.88. The van der Waals surface area contributed by atoms with Crippen LogP contribution in [-0.2, 0) is 16.0 Å². The molecule has 0 radical (unpaired) electrons. The molecule has 176 valence electrons. The SMILES string of the molecule is COc1cccc(/C=C/C(=O)N2CCN(C(=O)CCCc3ccccc3)CC2)c1OC(F)F. The van der Waals surface area contributed by atoms with Crippen molar-refractivity contribution in [3.63, 3.8) is 0 Å². The summed E-state index contributed by atoms with van der Waals surface area (Å²) in [4.78, 5) is 28.5. The fourth-order valence-corrected chi connectivity index (χ4v) is 3.73. The second kappa shape index (κ2) is 12.0. The highest BCUT2D eigenvalue weighted by molar-refractivity contribution is 5.92. The van der Waals surface area contributed by atoms with Gasteiger partial charge in [-0.2, -0.15) is 8.78 Å². The van der Waals surface area contributed by atoms with Gasteiger partial charge in [0, 0.05) is 44.2 Å². The molecule has 6 nitrogen and oxygen atoms in total. The molecule has 0 aliphatic carbocycles. The minimum absolute atomic E-state index is 0.0961. The maximum atomic E-state index is 12.8. The van der Waals surface area contributed by atoms with E-state index in [1.165, 1.54) is 30.9 Å². The van der Waals surface area contributed by atoms with Crippen molar-refractivity contribution in [3.8, 4) is 11.5 Å². The normalized spacial score (nSPS) is 14.1. The van der Waals surface area contributed by atoms with Crippen molar-refractivity contribution < 1.29 is 27.8 Å². The lowest BCUT2D eigenvalue weighted by molar-refractivity contribution is -0.137. The molecule has 0 saturated carbocycles. The predicted octanol–water partition coefficient (Wildman–Crippen LogP) is 4.00. The Balaban J connectivity index is 1.49. The highest BCUT2D eigenvalue weighted by Gasteiger charge is 2.23. The van der Waals surface area contributed by atoms with E-state index in [9.17, 15) is 18.4 Å². The smallest absolute Gasteiger partial charge is 0.387 e. The third-order valence-electron chi connectivity index (χ3n) is 5.48. The number of para-hydroxylation sites is 1. The van der Waals surface area contributed by atoms with E-state index in [4.69, 9.17) is 4.74 Å². The van der Waals surface area contributed by atoms with Crippen LogP contribution in [0.25, 0.3) is 6.08 Å². The standard InChI is InChI=1S/C25H28F2N2O4/c1-32-21-11-6-10-20(24(21)33-25(26)27)13-14-23(31)29-17-15-28(16-18-29)22(30)12-5-9-19-7-3-2-4-8-19/h2-4,6-8,10-11,13-14,25H,5,9,12,15-18H2,1H3/b14-13+. The molecule has 0 spiro atoms. The topological polar surface area (TPSA) is 59.1 Å². The number of aryl methyl sites for hydroxylation is 1. The molecule has 2 amide bonds. The fourth-order valence-electron chi connectivity index (χ4n) is 3.73. The zero-order chi connectivity index (χ0) is 23.6. The third kappa shape index (κ3) is 7.03. The van der Waals surface area contributed by atoms with Gasteiger partial charge >= 0.3 is 6.61 Å². The van der Waals surface area contributed by atoms with Gasteiger partial charge in [0.1, 0.15) is 0 Å². The van der Waals surface area contributed by atoms with Crippen LogP contribution >= 0.6 is 0 Å². The third-order valence-corrected chi connectivity index (χ3v) is 5.48. The maximum Gasteiger partial charge on any atom is 0.387 e. The van der Waals surface area contributed by atoms with Crippen molar-refractivity contribution in [3.05, 3.63) is 65.7 Å². The first kappa shape index (κ1) is 24.2.